The summed E-state index contributed by atoms with van der Waals surface area (Å²) in [5, 5.41) is 4.53. The van der Waals surface area contributed by atoms with Gasteiger partial charge >= 0.3 is 0 Å². The van der Waals surface area contributed by atoms with E-state index in [0.717, 1.165) is 17.0 Å². The van der Waals surface area contributed by atoms with E-state index in [2.05, 4.69) is 61.2 Å². The largest absolute Gasteiger partial charge is 0.377 e. The molecule has 2 nitrogen and oxygen atoms in total. The lowest BCUT2D eigenvalue weighted by Gasteiger charge is -2.43. The Morgan fingerprint density at radius 1 is 0.955 bits per heavy atom. The molecule has 3 rings (SSSR count). The number of hydrogen-bond donors (Lipinski definition) is 0. The van der Waals surface area contributed by atoms with Gasteiger partial charge in [-0.3, -0.25) is 0 Å². The molecule has 0 aliphatic carbocycles. The van der Waals surface area contributed by atoms with Crippen molar-refractivity contribution in [2.45, 2.75) is 24.2 Å². The number of rotatable bonds is 3. The number of thioether (sulfide) groups is 1. The lowest BCUT2D eigenvalue weighted by molar-refractivity contribution is 0.0784. The monoisotopic (exact) mass is 327 g/mol. The predicted octanol–water partition coefficient (Wildman–Crippen LogP) is 4.88. The molecule has 0 aromatic heterocycles. The van der Waals surface area contributed by atoms with E-state index in [4.69, 9.17) is 4.84 Å². The summed E-state index contributed by atoms with van der Waals surface area (Å²) in [5.41, 5.74) is 3.40. The molecular weight excluding hydrogens is 306 g/mol. The van der Waals surface area contributed by atoms with Gasteiger partial charge in [-0.15, -0.1) is 11.8 Å². The third-order valence-electron chi connectivity index (χ3n) is 3.94. The van der Waals surface area contributed by atoms with Crippen molar-refractivity contribution in [2.75, 3.05) is 5.75 Å². The van der Waals surface area contributed by atoms with Gasteiger partial charge in [0.05, 0.1) is 5.71 Å². The molecule has 1 unspecified atom stereocenters. The Kier molecular flexibility index (Phi) is 4.15. The SMILES string of the molecule is C[Si](C)(C)C1(c2ccccc2)ON=C(c2ccccc2)CS1. The Morgan fingerprint density at radius 3 is 2.05 bits per heavy atom. The first-order valence-corrected chi connectivity index (χ1v) is 12.0. The van der Waals surface area contributed by atoms with E-state index in [1.165, 1.54) is 5.56 Å². The van der Waals surface area contributed by atoms with Crippen LogP contribution in [-0.2, 0) is 9.39 Å². The highest BCUT2D eigenvalue weighted by atomic mass is 32.2. The van der Waals surface area contributed by atoms with E-state index < -0.39 is 8.07 Å². The van der Waals surface area contributed by atoms with Crippen LogP contribution >= 0.6 is 11.8 Å². The molecule has 1 heterocycles. The zero-order valence-electron chi connectivity index (χ0n) is 13.2. The van der Waals surface area contributed by atoms with Crippen molar-refractivity contribution in [3.8, 4) is 0 Å². The summed E-state index contributed by atoms with van der Waals surface area (Å²) in [4.78, 5) is 6.20. The molecule has 4 heteroatoms. The molecule has 1 atom stereocenters. The summed E-state index contributed by atoms with van der Waals surface area (Å²) >= 11 is 1.88. The van der Waals surface area contributed by atoms with Crippen LogP contribution in [0.2, 0.25) is 19.6 Å². The highest BCUT2D eigenvalue weighted by molar-refractivity contribution is 8.02. The number of hydrogen-bond acceptors (Lipinski definition) is 3. The maximum absolute atomic E-state index is 6.20. The molecule has 2 aromatic rings. The maximum Gasteiger partial charge on any atom is 0.191 e. The molecular formula is C18H21NOSSi. The molecule has 0 N–H and O–H groups in total. The second-order valence-corrected chi connectivity index (χ2v) is 13.2. The zero-order chi connectivity index (χ0) is 15.6. The predicted molar refractivity (Wildman–Crippen MR) is 98.0 cm³/mol. The van der Waals surface area contributed by atoms with E-state index >= 15 is 0 Å². The summed E-state index contributed by atoms with van der Waals surface area (Å²) < 4.78 is -0.313. The molecule has 2 aromatic carbocycles. The van der Waals surface area contributed by atoms with E-state index in [-0.39, 0.29) is 4.56 Å². The van der Waals surface area contributed by atoms with Crippen LogP contribution in [0.3, 0.4) is 0 Å². The molecule has 1 aliphatic heterocycles. The molecule has 0 bridgehead atoms. The summed E-state index contributed by atoms with van der Waals surface area (Å²) in [5.74, 6) is 0.878. The molecule has 1 aliphatic rings. The minimum Gasteiger partial charge on any atom is -0.377 e. The first kappa shape index (κ1) is 15.4. The van der Waals surface area contributed by atoms with Gasteiger partial charge in [-0.25, -0.2) is 0 Å². The van der Waals surface area contributed by atoms with Gasteiger partial charge in [0.15, 0.2) is 4.56 Å². The average molecular weight is 328 g/mol. The van der Waals surface area contributed by atoms with Crippen LogP contribution in [-0.4, -0.2) is 19.5 Å². The summed E-state index contributed by atoms with van der Waals surface area (Å²) in [6.07, 6.45) is 0. The Morgan fingerprint density at radius 2 is 1.55 bits per heavy atom. The summed E-state index contributed by atoms with van der Waals surface area (Å²) in [6, 6.07) is 20.8. The first-order valence-electron chi connectivity index (χ1n) is 7.53. The van der Waals surface area contributed by atoms with Gasteiger partial charge in [0.25, 0.3) is 0 Å². The maximum atomic E-state index is 6.20. The zero-order valence-corrected chi connectivity index (χ0v) is 15.1. The van der Waals surface area contributed by atoms with E-state index in [0.29, 0.717) is 0 Å². The van der Waals surface area contributed by atoms with Gasteiger partial charge in [-0.1, -0.05) is 85.5 Å². The Hall–Kier alpha value is -1.52. The van der Waals surface area contributed by atoms with E-state index in [1.54, 1.807) is 0 Å². The van der Waals surface area contributed by atoms with Crippen molar-refractivity contribution in [3.05, 3.63) is 71.8 Å². The fourth-order valence-corrected chi connectivity index (χ4v) is 6.94. The third-order valence-corrected chi connectivity index (χ3v) is 9.70. The minimum absolute atomic E-state index is 0.313. The fraction of sp³-hybridized carbons (Fsp3) is 0.278. The van der Waals surface area contributed by atoms with Crippen molar-refractivity contribution in [2.24, 2.45) is 5.16 Å². The van der Waals surface area contributed by atoms with Crippen LogP contribution in [0.25, 0.3) is 0 Å². The lowest BCUT2D eigenvalue weighted by atomic mass is 10.1. The van der Waals surface area contributed by atoms with E-state index in [1.807, 2.05) is 36.0 Å². The summed E-state index contributed by atoms with van der Waals surface area (Å²) in [6.45, 7) is 7.03. The highest BCUT2D eigenvalue weighted by Gasteiger charge is 2.50. The molecule has 114 valence electrons. The average Bonchev–Trinajstić information content (AvgIpc) is 2.55. The van der Waals surface area contributed by atoms with Crippen LogP contribution < -0.4 is 0 Å². The van der Waals surface area contributed by atoms with E-state index in [9.17, 15) is 0 Å². The number of benzene rings is 2. The normalized spacial score (nSPS) is 21.9. The fourth-order valence-electron chi connectivity index (χ4n) is 2.69. The molecule has 0 spiro atoms. The topological polar surface area (TPSA) is 21.6 Å². The van der Waals surface area contributed by atoms with Crippen molar-refractivity contribution >= 4 is 25.5 Å². The van der Waals surface area contributed by atoms with Crippen LogP contribution in [0.5, 0.6) is 0 Å². The summed E-state index contributed by atoms with van der Waals surface area (Å²) in [7, 11) is -1.64. The molecule has 0 saturated heterocycles. The van der Waals surface area contributed by atoms with Crippen LogP contribution in [0.4, 0.5) is 0 Å². The standard InChI is InChI=1S/C18H21NOSSi/c1-22(2,3)18(16-12-8-5-9-13-16)20-19-17(14-21-18)15-10-6-4-7-11-15/h4-13H,14H2,1-3H3. The molecule has 0 saturated carbocycles. The molecule has 0 amide bonds. The van der Waals surface area contributed by atoms with Crippen LogP contribution in [0.1, 0.15) is 11.1 Å². The van der Waals surface area contributed by atoms with Crippen LogP contribution in [0.15, 0.2) is 65.8 Å². The lowest BCUT2D eigenvalue weighted by Crippen LogP contribution is -2.50. The minimum atomic E-state index is -1.64. The number of oxime groups is 1. The van der Waals surface area contributed by atoms with Gasteiger partial charge in [0.1, 0.15) is 8.07 Å². The van der Waals surface area contributed by atoms with Crippen molar-refractivity contribution in [1.29, 1.82) is 0 Å². The van der Waals surface area contributed by atoms with Crippen molar-refractivity contribution in [3.63, 3.8) is 0 Å². The smallest absolute Gasteiger partial charge is 0.191 e. The third kappa shape index (κ3) is 2.73. The molecule has 0 radical (unpaired) electrons. The van der Waals surface area contributed by atoms with Gasteiger partial charge in [-0.05, 0) is 0 Å². The highest BCUT2D eigenvalue weighted by Crippen LogP contribution is 2.47. The van der Waals surface area contributed by atoms with Gasteiger partial charge < -0.3 is 4.84 Å². The van der Waals surface area contributed by atoms with Gasteiger partial charge in [-0.2, -0.15) is 0 Å². The van der Waals surface area contributed by atoms with Crippen LogP contribution in [0, 0.1) is 0 Å². The Labute approximate surface area is 137 Å². The van der Waals surface area contributed by atoms with Crippen molar-refractivity contribution < 1.29 is 4.84 Å². The number of nitrogens with zero attached hydrogens (tertiary/aromatic N) is 1. The van der Waals surface area contributed by atoms with Crippen molar-refractivity contribution in [1.82, 2.24) is 0 Å². The molecule has 0 fully saturated rings. The van der Waals surface area contributed by atoms with Gasteiger partial charge in [0.2, 0.25) is 0 Å². The Bertz CT molecular complexity index is 666. The second-order valence-electron chi connectivity index (χ2n) is 6.52. The molecule has 22 heavy (non-hydrogen) atoms. The first-order chi connectivity index (χ1) is 10.5. The second kappa shape index (κ2) is 5.93. The Balaban J connectivity index is 1.97. The quantitative estimate of drug-likeness (QED) is 0.749. The van der Waals surface area contributed by atoms with Gasteiger partial charge in [0, 0.05) is 16.9 Å².